The summed E-state index contributed by atoms with van der Waals surface area (Å²) in [4.78, 5) is 11.3. The highest BCUT2D eigenvalue weighted by Gasteiger charge is 2.07. The van der Waals surface area contributed by atoms with Crippen LogP contribution in [0.2, 0.25) is 0 Å². The fraction of sp³-hybridized carbons (Fsp3) is 0.500. The molecule has 0 aliphatic rings. The molecule has 1 atom stereocenters. The largest absolute Gasteiger partial charge is 0.469 e. The zero-order valence-corrected chi connectivity index (χ0v) is 11.0. The predicted octanol–water partition coefficient (Wildman–Crippen LogP) is 1.26. The third kappa shape index (κ3) is 5.29. The first kappa shape index (κ1) is 14.7. The van der Waals surface area contributed by atoms with Crippen molar-refractivity contribution in [2.24, 2.45) is 0 Å². The molecule has 4 nitrogen and oxygen atoms in total. The summed E-state index contributed by atoms with van der Waals surface area (Å²) < 4.78 is 4.67. The molecule has 1 aromatic rings. The number of aliphatic hydroxyl groups excluding tert-OH is 1. The summed E-state index contributed by atoms with van der Waals surface area (Å²) in [6.45, 7) is 3.22. The average molecular weight is 251 g/mol. The quantitative estimate of drug-likeness (QED) is 0.566. The number of ether oxygens (including phenoxy) is 1. The maximum atomic E-state index is 11.3. The third-order valence-corrected chi connectivity index (χ3v) is 2.74. The molecule has 0 saturated carbocycles. The van der Waals surface area contributed by atoms with Crippen molar-refractivity contribution in [3.8, 4) is 0 Å². The minimum Gasteiger partial charge on any atom is -0.469 e. The lowest BCUT2D eigenvalue weighted by molar-refractivity contribution is -0.139. The minimum atomic E-state index is -0.289. The van der Waals surface area contributed by atoms with E-state index in [9.17, 15) is 4.79 Å². The van der Waals surface area contributed by atoms with Crippen LogP contribution in [0.3, 0.4) is 0 Å². The number of esters is 1. The number of methoxy groups -OCH3 is 1. The van der Waals surface area contributed by atoms with E-state index in [4.69, 9.17) is 5.11 Å². The van der Waals surface area contributed by atoms with Crippen molar-refractivity contribution in [3.63, 3.8) is 0 Å². The van der Waals surface area contributed by atoms with Crippen molar-refractivity contribution < 1.29 is 14.6 Å². The van der Waals surface area contributed by atoms with E-state index in [1.807, 2.05) is 24.3 Å². The molecule has 1 aromatic carbocycles. The number of nitrogens with one attached hydrogen (secondary N) is 1. The van der Waals surface area contributed by atoms with E-state index < -0.39 is 0 Å². The molecule has 2 N–H and O–H groups in total. The maximum absolute atomic E-state index is 11.3. The SMILES string of the molecule is COC(=O)Cc1ccccc1CNCCC(C)O. The number of hydrogen-bond acceptors (Lipinski definition) is 4. The van der Waals surface area contributed by atoms with Crippen LogP contribution >= 0.6 is 0 Å². The van der Waals surface area contributed by atoms with Gasteiger partial charge in [0.15, 0.2) is 0 Å². The van der Waals surface area contributed by atoms with Crippen LogP contribution in [0.25, 0.3) is 0 Å². The molecule has 0 radical (unpaired) electrons. The van der Waals surface area contributed by atoms with Gasteiger partial charge in [-0.25, -0.2) is 0 Å². The van der Waals surface area contributed by atoms with Crippen molar-refractivity contribution >= 4 is 5.97 Å². The van der Waals surface area contributed by atoms with Gasteiger partial charge in [0, 0.05) is 6.54 Å². The topological polar surface area (TPSA) is 58.6 Å². The van der Waals surface area contributed by atoms with Crippen molar-refractivity contribution in [2.45, 2.75) is 32.4 Å². The van der Waals surface area contributed by atoms with Gasteiger partial charge in [-0.15, -0.1) is 0 Å². The Bertz CT molecular complexity index is 377. The molecule has 18 heavy (non-hydrogen) atoms. The number of carbonyl (C=O) groups excluding carboxylic acids is 1. The smallest absolute Gasteiger partial charge is 0.309 e. The summed E-state index contributed by atoms with van der Waals surface area (Å²) in [5.41, 5.74) is 2.07. The van der Waals surface area contributed by atoms with Gasteiger partial charge in [0.25, 0.3) is 0 Å². The first-order valence-electron chi connectivity index (χ1n) is 6.16. The number of carbonyl (C=O) groups is 1. The highest BCUT2D eigenvalue weighted by atomic mass is 16.5. The van der Waals surface area contributed by atoms with Gasteiger partial charge in [0.05, 0.1) is 19.6 Å². The molecule has 0 aliphatic heterocycles. The highest BCUT2D eigenvalue weighted by molar-refractivity contribution is 5.72. The van der Waals surface area contributed by atoms with Gasteiger partial charge in [-0.05, 0) is 31.0 Å². The maximum Gasteiger partial charge on any atom is 0.309 e. The van der Waals surface area contributed by atoms with Gasteiger partial charge in [-0.2, -0.15) is 0 Å². The van der Waals surface area contributed by atoms with Gasteiger partial charge in [-0.1, -0.05) is 24.3 Å². The lowest BCUT2D eigenvalue weighted by atomic mass is 10.0. The summed E-state index contributed by atoms with van der Waals surface area (Å²) >= 11 is 0. The normalized spacial score (nSPS) is 12.2. The van der Waals surface area contributed by atoms with Crippen LogP contribution in [0.4, 0.5) is 0 Å². The van der Waals surface area contributed by atoms with Crippen LogP contribution in [-0.2, 0) is 22.5 Å². The van der Waals surface area contributed by atoms with Crippen LogP contribution < -0.4 is 5.32 Å². The van der Waals surface area contributed by atoms with Gasteiger partial charge in [0.2, 0.25) is 0 Å². The van der Waals surface area contributed by atoms with Crippen molar-refractivity contribution in [2.75, 3.05) is 13.7 Å². The summed E-state index contributed by atoms with van der Waals surface area (Å²) in [7, 11) is 1.39. The Hall–Kier alpha value is -1.39. The van der Waals surface area contributed by atoms with Crippen molar-refractivity contribution in [3.05, 3.63) is 35.4 Å². The van der Waals surface area contributed by atoms with Gasteiger partial charge in [0.1, 0.15) is 0 Å². The summed E-state index contributed by atoms with van der Waals surface area (Å²) in [6.07, 6.45) is 0.729. The second-order valence-corrected chi connectivity index (χ2v) is 4.34. The van der Waals surface area contributed by atoms with Crippen molar-refractivity contribution in [1.29, 1.82) is 0 Å². The molecule has 0 heterocycles. The molecule has 4 heteroatoms. The first-order valence-corrected chi connectivity index (χ1v) is 6.16. The predicted molar refractivity (Wildman–Crippen MR) is 70.2 cm³/mol. The van der Waals surface area contributed by atoms with Gasteiger partial charge >= 0.3 is 5.97 Å². The highest BCUT2D eigenvalue weighted by Crippen LogP contribution is 2.10. The van der Waals surface area contributed by atoms with E-state index >= 15 is 0 Å². The lowest BCUT2D eigenvalue weighted by Crippen LogP contribution is -2.20. The molecule has 0 aliphatic carbocycles. The number of rotatable bonds is 7. The molecule has 1 rings (SSSR count). The Kier molecular flexibility index (Phi) is 6.39. The van der Waals surface area contributed by atoms with Crippen LogP contribution in [0.5, 0.6) is 0 Å². The number of aliphatic hydroxyl groups is 1. The fourth-order valence-corrected chi connectivity index (χ4v) is 1.66. The van der Waals surface area contributed by atoms with E-state index in [0.29, 0.717) is 13.0 Å². The number of benzene rings is 1. The van der Waals surface area contributed by atoms with Crippen LogP contribution in [-0.4, -0.2) is 30.8 Å². The van der Waals surface area contributed by atoms with Crippen LogP contribution in [0.15, 0.2) is 24.3 Å². The van der Waals surface area contributed by atoms with E-state index in [1.165, 1.54) is 7.11 Å². The zero-order chi connectivity index (χ0) is 13.4. The fourth-order valence-electron chi connectivity index (χ4n) is 1.66. The molecule has 1 unspecified atom stereocenters. The van der Waals surface area contributed by atoms with E-state index in [2.05, 4.69) is 10.1 Å². The van der Waals surface area contributed by atoms with Crippen LogP contribution in [0.1, 0.15) is 24.5 Å². The Morgan fingerprint density at radius 1 is 1.39 bits per heavy atom. The average Bonchev–Trinajstić information content (AvgIpc) is 2.36. The molecule has 100 valence electrons. The zero-order valence-electron chi connectivity index (χ0n) is 11.0. The Morgan fingerprint density at radius 3 is 2.67 bits per heavy atom. The van der Waals surface area contributed by atoms with E-state index in [1.54, 1.807) is 6.92 Å². The lowest BCUT2D eigenvalue weighted by Gasteiger charge is -2.10. The van der Waals surface area contributed by atoms with Crippen LogP contribution in [0, 0.1) is 0 Å². The Morgan fingerprint density at radius 2 is 2.06 bits per heavy atom. The molecule has 0 bridgehead atoms. The second kappa shape index (κ2) is 7.84. The molecule has 0 spiro atoms. The molecular weight excluding hydrogens is 230 g/mol. The Labute approximate surface area is 108 Å². The van der Waals surface area contributed by atoms with Gasteiger partial charge < -0.3 is 15.2 Å². The van der Waals surface area contributed by atoms with E-state index in [-0.39, 0.29) is 12.1 Å². The molecule has 0 saturated heterocycles. The minimum absolute atomic E-state index is 0.230. The molecule has 0 aromatic heterocycles. The second-order valence-electron chi connectivity index (χ2n) is 4.34. The summed E-state index contributed by atoms with van der Waals surface area (Å²) in [5.74, 6) is -0.230. The standard InChI is InChI=1S/C14H21NO3/c1-11(16)7-8-15-10-13-6-4-3-5-12(13)9-14(17)18-2/h3-6,11,15-16H,7-10H2,1-2H3. The van der Waals surface area contributed by atoms with Crippen molar-refractivity contribution in [1.82, 2.24) is 5.32 Å². The van der Waals surface area contributed by atoms with E-state index in [0.717, 1.165) is 24.1 Å². The third-order valence-electron chi connectivity index (χ3n) is 2.74. The van der Waals surface area contributed by atoms with Gasteiger partial charge in [-0.3, -0.25) is 4.79 Å². The molecule has 0 amide bonds. The first-order chi connectivity index (χ1) is 8.63. The monoisotopic (exact) mass is 251 g/mol. The number of hydrogen-bond donors (Lipinski definition) is 2. The summed E-state index contributed by atoms with van der Waals surface area (Å²) in [5, 5.41) is 12.4. The molecule has 0 fully saturated rings. The Balaban J connectivity index is 2.51. The summed E-state index contributed by atoms with van der Waals surface area (Å²) in [6, 6.07) is 7.79. The molecular formula is C14H21NO3.